The van der Waals surface area contributed by atoms with Gasteiger partial charge in [-0.15, -0.1) is 0 Å². The second kappa shape index (κ2) is 13.2. The first-order valence-corrected chi connectivity index (χ1v) is 19.2. The van der Waals surface area contributed by atoms with Crippen molar-refractivity contribution in [2.45, 2.75) is 0 Å². The summed E-state index contributed by atoms with van der Waals surface area (Å²) in [5.41, 5.74) is 12.0. The Balaban J connectivity index is 1.04. The van der Waals surface area contributed by atoms with Gasteiger partial charge in [0.1, 0.15) is 11.2 Å². The molecule has 56 heavy (non-hydrogen) atoms. The van der Waals surface area contributed by atoms with Crippen molar-refractivity contribution in [2.24, 2.45) is 0 Å². The van der Waals surface area contributed by atoms with E-state index in [2.05, 4.69) is 217 Å². The molecule has 11 rings (SSSR count). The Labute approximate surface area is 325 Å². The van der Waals surface area contributed by atoms with Crippen LogP contribution in [0.4, 0.5) is 17.1 Å². The van der Waals surface area contributed by atoms with Crippen molar-refractivity contribution in [1.29, 1.82) is 0 Å². The van der Waals surface area contributed by atoms with Gasteiger partial charge < -0.3 is 9.32 Å². The Morgan fingerprint density at radius 1 is 0.304 bits per heavy atom. The third kappa shape index (κ3) is 5.51. The van der Waals surface area contributed by atoms with Crippen molar-refractivity contribution in [3.05, 3.63) is 212 Å². The zero-order valence-corrected chi connectivity index (χ0v) is 30.6. The molecule has 1 heterocycles. The Morgan fingerprint density at radius 2 is 0.839 bits per heavy atom. The highest BCUT2D eigenvalue weighted by Crippen LogP contribution is 2.45. The summed E-state index contributed by atoms with van der Waals surface area (Å²) in [6.07, 6.45) is 0. The normalized spacial score (nSPS) is 11.6. The van der Waals surface area contributed by atoms with Gasteiger partial charge in [0.25, 0.3) is 0 Å². The zero-order valence-electron chi connectivity index (χ0n) is 30.6. The van der Waals surface area contributed by atoms with Crippen molar-refractivity contribution in [1.82, 2.24) is 0 Å². The van der Waals surface area contributed by atoms with Crippen LogP contribution >= 0.6 is 0 Å². The smallest absolute Gasteiger partial charge is 0.143 e. The van der Waals surface area contributed by atoms with Crippen LogP contribution in [0.5, 0.6) is 0 Å². The lowest BCUT2D eigenvalue weighted by atomic mass is 9.96. The summed E-state index contributed by atoms with van der Waals surface area (Å²) in [6, 6.07) is 76.5. The molecule has 11 aromatic rings. The lowest BCUT2D eigenvalue weighted by molar-refractivity contribution is 0.670. The Hall–Kier alpha value is -7.42. The molecule has 0 saturated carbocycles. The van der Waals surface area contributed by atoms with Gasteiger partial charge in [0.15, 0.2) is 0 Å². The minimum atomic E-state index is 0.894. The topological polar surface area (TPSA) is 16.4 Å². The maximum Gasteiger partial charge on any atom is 0.143 e. The molecule has 262 valence electrons. The first kappa shape index (κ1) is 32.0. The van der Waals surface area contributed by atoms with Gasteiger partial charge in [0, 0.05) is 33.3 Å². The van der Waals surface area contributed by atoms with Crippen molar-refractivity contribution in [2.75, 3.05) is 4.90 Å². The molecule has 0 radical (unpaired) electrons. The summed E-state index contributed by atoms with van der Waals surface area (Å²) >= 11 is 0. The van der Waals surface area contributed by atoms with Gasteiger partial charge in [0.2, 0.25) is 0 Å². The van der Waals surface area contributed by atoms with Gasteiger partial charge in [-0.3, -0.25) is 0 Å². The van der Waals surface area contributed by atoms with Gasteiger partial charge in [-0.25, -0.2) is 0 Å². The number of hydrogen-bond acceptors (Lipinski definition) is 2. The highest BCUT2D eigenvalue weighted by Gasteiger charge is 2.21. The number of rotatable bonds is 6. The number of fused-ring (bicyclic) bond motifs is 6. The van der Waals surface area contributed by atoms with Crippen molar-refractivity contribution in [3.63, 3.8) is 0 Å². The fraction of sp³-hybridized carbons (Fsp3) is 0. The fourth-order valence-electron chi connectivity index (χ4n) is 8.39. The Kier molecular flexibility index (Phi) is 7.53. The number of para-hydroxylation sites is 2. The largest absolute Gasteiger partial charge is 0.455 e. The molecule has 0 N–H and O–H groups in total. The lowest BCUT2D eigenvalue weighted by Gasteiger charge is -2.28. The Morgan fingerprint density at radius 3 is 1.61 bits per heavy atom. The van der Waals surface area contributed by atoms with Gasteiger partial charge in [-0.2, -0.15) is 0 Å². The summed E-state index contributed by atoms with van der Waals surface area (Å²) < 4.78 is 6.76. The van der Waals surface area contributed by atoms with Gasteiger partial charge >= 0.3 is 0 Å². The molecule has 0 unspecified atom stereocenters. The van der Waals surface area contributed by atoms with Crippen LogP contribution in [-0.2, 0) is 0 Å². The average Bonchev–Trinajstić information content (AvgIpc) is 3.63. The van der Waals surface area contributed by atoms with Crippen LogP contribution in [0, 0.1) is 0 Å². The van der Waals surface area contributed by atoms with Crippen molar-refractivity contribution >= 4 is 71.3 Å². The second-order valence-corrected chi connectivity index (χ2v) is 14.6. The van der Waals surface area contributed by atoms with Crippen LogP contribution in [0.15, 0.2) is 217 Å². The van der Waals surface area contributed by atoms with E-state index in [4.69, 9.17) is 4.42 Å². The van der Waals surface area contributed by atoms with Gasteiger partial charge in [-0.05, 0) is 109 Å². The second-order valence-electron chi connectivity index (χ2n) is 14.6. The molecule has 0 aliphatic rings. The molecule has 0 aliphatic carbocycles. The minimum absolute atomic E-state index is 0.894. The number of furan rings is 1. The lowest BCUT2D eigenvalue weighted by Crippen LogP contribution is -2.11. The average molecular weight is 714 g/mol. The third-order valence-corrected chi connectivity index (χ3v) is 11.2. The molecule has 0 fully saturated rings. The highest BCUT2D eigenvalue weighted by atomic mass is 16.3. The predicted molar refractivity (Wildman–Crippen MR) is 237 cm³/mol. The molecular formula is C54H35NO. The van der Waals surface area contributed by atoms with Crippen LogP contribution in [0.1, 0.15) is 0 Å². The molecule has 0 spiro atoms. The maximum absolute atomic E-state index is 6.76. The number of nitrogens with zero attached hydrogens (tertiary/aromatic N) is 1. The van der Waals surface area contributed by atoms with E-state index >= 15 is 0 Å². The molecule has 0 aliphatic heterocycles. The minimum Gasteiger partial charge on any atom is -0.455 e. The zero-order chi connectivity index (χ0) is 37.0. The first-order valence-electron chi connectivity index (χ1n) is 19.2. The first-order chi connectivity index (χ1) is 27.7. The van der Waals surface area contributed by atoms with Gasteiger partial charge in [-0.1, -0.05) is 158 Å². The van der Waals surface area contributed by atoms with Crippen molar-refractivity contribution < 1.29 is 4.42 Å². The standard InChI is InChI=1S/C54H35NO/c1-3-13-39-32-45(24-23-36(39)11-1)41-18-9-17-40(31-41)38-25-28-46(29-26-38)55(47-30-27-37-12-2-4-14-42(37)33-47)52-22-8-7-19-48(52)49-20-10-21-50-51-34-43-15-5-6-16-44(43)35-53(51)56-54(49)50/h1-35H. The summed E-state index contributed by atoms with van der Waals surface area (Å²) in [5.74, 6) is 0. The van der Waals surface area contributed by atoms with E-state index in [1.165, 1.54) is 54.6 Å². The quantitative estimate of drug-likeness (QED) is 0.171. The summed E-state index contributed by atoms with van der Waals surface area (Å²) in [4.78, 5) is 2.38. The molecule has 2 heteroatoms. The van der Waals surface area contributed by atoms with E-state index in [9.17, 15) is 0 Å². The molecule has 0 bridgehead atoms. The van der Waals surface area contributed by atoms with E-state index in [0.717, 1.165) is 50.1 Å². The van der Waals surface area contributed by atoms with E-state index in [0.29, 0.717) is 0 Å². The van der Waals surface area contributed by atoms with Crippen LogP contribution < -0.4 is 4.90 Å². The molecule has 0 atom stereocenters. The van der Waals surface area contributed by atoms with E-state index < -0.39 is 0 Å². The number of anilines is 3. The Bertz CT molecular complexity index is 3260. The summed E-state index contributed by atoms with van der Waals surface area (Å²) in [7, 11) is 0. The van der Waals surface area contributed by atoms with Crippen LogP contribution in [-0.4, -0.2) is 0 Å². The highest BCUT2D eigenvalue weighted by molar-refractivity contribution is 6.14. The van der Waals surface area contributed by atoms with Crippen LogP contribution in [0.2, 0.25) is 0 Å². The SMILES string of the molecule is c1cc(-c2ccc(N(c3ccc4ccccc4c3)c3ccccc3-c3cccc4c3oc3cc5ccccc5cc34)cc2)cc(-c2ccc3ccccc3c2)c1. The third-order valence-electron chi connectivity index (χ3n) is 11.2. The molecular weight excluding hydrogens is 679 g/mol. The number of benzene rings is 10. The van der Waals surface area contributed by atoms with Crippen LogP contribution in [0.25, 0.3) is 87.6 Å². The fourth-order valence-corrected chi connectivity index (χ4v) is 8.39. The number of hydrogen-bond donors (Lipinski definition) is 0. The molecule has 0 saturated heterocycles. The van der Waals surface area contributed by atoms with Crippen LogP contribution in [0.3, 0.4) is 0 Å². The van der Waals surface area contributed by atoms with E-state index in [1.807, 2.05) is 0 Å². The van der Waals surface area contributed by atoms with E-state index in [-0.39, 0.29) is 0 Å². The predicted octanol–water partition coefficient (Wildman–Crippen LogP) is 15.5. The molecule has 2 nitrogen and oxygen atoms in total. The molecule has 1 aromatic heterocycles. The monoisotopic (exact) mass is 713 g/mol. The molecule has 0 amide bonds. The maximum atomic E-state index is 6.76. The summed E-state index contributed by atoms with van der Waals surface area (Å²) in [6.45, 7) is 0. The molecule has 10 aromatic carbocycles. The summed E-state index contributed by atoms with van der Waals surface area (Å²) in [5, 5.41) is 9.54. The van der Waals surface area contributed by atoms with E-state index in [1.54, 1.807) is 0 Å². The van der Waals surface area contributed by atoms with Gasteiger partial charge in [0.05, 0.1) is 5.69 Å². The van der Waals surface area contributed by atoms with Crippen molar-refractivity contribution in [3.8, 4) is 33.4 Å².